The van der Waals surface area contributed by atoms with Gasteiger partial charge in [-0.1, -0.05) is 23.7 Å². The molecule has 0 radical (unpaired) electrons. The Labute approximate surface area is 147 Å². The van der Waals surface area contributed by atoms with E-state index in [1.54, 1.807) is 0 Å². The summed E-state index contributed by atoms with van der Waals surface area (Å²) < 4.78 is 0. The fourth-order valence-electron chi connectivity index (χ4n) is 3.40. The molecule has 0 unspecified atom stereocenters. The molecular formula is C20H20ClN3. The van der Waals surface area contributed by atoms with Crippen LogP contribution in [-0.4, -0.2) is 28.0 Å². The Morgan fingerprint density at radius 2 is 2.21 bits per heavy atom. The molecule has 3 aromatic rings. The minimum Gasteiger partial charge on any atom is -0.346 e. The minimum atomic E-state index is 0.810. The van der Waals surface area contributed by atoms with Gasteiger partial charge in [-0.05, 0) is 54.3 Å². The van der Waals surface area contributed by atoms with Crippen LogP contribution in [0.1, 0.15) is 23.1 Å². The second kappa shape index (κ2) is 6.42. The van der Waals surface area contributed by atoms with Crippen LogP contribution in [0.4, 0.5) is 0 Å². The average molecular weight is 338 g/mol. The molecule has 24 heavy (non-hydrogen) atoms. The van der Waals surface area contributed by atoms with E-state index in [2.05, 4.69) is 46.2 Å². The average Bonchev–Trinajstić information content (AvgIpc) is 3.02. The van der Waals surface area contributed by atoms with Crippen molar-refractivity contribution in [3.8, 4) is 0 Å². The zero-order valence-electron chi connectivity index (χ0n) is 13.7. The normalized spacial score (nSPS) is 15.7. The first-order valence-electron chi connectivity index (χ1n) is 8.29. The summed E-state index contributed by atoms with van der Waals surface area (Å²) in [7, 11) is 0. The summed E-state index contributed by atoms with van der Waals surface area (Å²) >= 11 is 6.05. The van der Waals surface area contributed by atoms with Gasteiger partial charge in [-0.2, -0.15) is 0 Å². The van der Waals surface area contributed by atoms with Gasteiger partial charge in [-0.15, -0.1) is 0 Å². The second-order valence-corrected chi connectivity index (χ2v) is 6.82. The fourth-order valence-corrected chi connectivity index (χ4v) is 3.63. The number of aromatic nitrogens is 2. The lowest BCUT2D eigenvalue weighted by Gasteiger charge is -2.27. The van der Waals surface area contributed by atoms with Crippen LogP contribution in [0.5, 0.6) is 0 Å². The molecule has 122 valence electrons. The monoisotopic (exact) mass is 337 g/mol. The molecule has 0 spiro atoms. The molecule has 3 nitrogen and oxygen atoms in total. The number of pyridine rings is 1. The molecule has 1 aliphatic rings. The van der Waals surface area contributed by atoms with Crippen molar-refractivity contribution in [3.05, 3.63) is 70.5 Å². The number of H-pyrrole nitrogens is 1. The number of nitrogens with one attached hydrogen (secondary N) is 1. The first kappa shape index (κ1) is 15.4. The molecule has 0 atom stereocenters. The lowest BCUT2D eigenvalue weighted by molar-refractivity contribution is 0.293. The SMILES string of the molecule is Cc1cc(Cl)ccc1CN1CC=C(c2c[nH]c3ncccc23)CC1. The number of aryl methyl sites for hydroxylation is 1. The van der Waals surface area contributed by atoms with Crippen LogP contribution in [0.2, 0.25) is 5.02 Å². The predicted octanol–water partition coefficient (Wildman–Crippen LogP) is 4.81. The Kier molecular flexibility index (Phi) is 4.13. The van der Waals surface area contributed by atoms with Gasteiger partial charge in [0.15, 0.2) is 0 Å². The van der Waals surface area contributed by atoms with E-state index < -0.39 is 0 Å². The summed E-state index contributed by atoms with van der Waals surface area (Å²) in [4.78, 5) is 10.1. The molecule has 3 heterocycles. The van der Waals surface area contributed by atoms with Crippen molar-refractivity contribution in [1.82, 2.24) is 14.9 Å². The summed E-state index contributed by atoms with van der Waals surface area (Å²) in [5, 5.41) is 2.02. The summed E-state index contributed by atoms with van der Waals surface area (Å²) in [6, 6.07) is 10.3. The Balaban J connectivity index is 1.51. The van der Waals surface area contributed by atoms with Gasteiger partial charge in [0.25, 0.3) is 0 Å². The molecule has 1 aromatic carbocycles. The van der Waals surface area contributed by atoms with Crippen LogP contribution in [0.3, 0.4) is 0 Å². The molecular weight excluding hydrogens is 318 g/mol. The summed E-state index contributed by atoms with van der Waals surface area (Å²) in [5.74, 6) is 0. The van der Waals surface area contributed by atoms with E-state index in [-0.39, 0.29) is 0 Å². The number of rotatable bonds is 3. The largest absolute Gasteiger partial charge is 0.346 e. The first-order valence-corrected chi connectivity index (χ1v) is 8.67. The molecule has 4 heteroatoms. The maximum Gasteiger partial charge on any atom is 0.137 e. The van der Waals surface area contributed by atoms with Crippen molar-refractivity contribution in [3.63, 3.8) is 0 Å². The Hall–Kier alpha value is -2.10. The topological polar surface area (TPSA) is 31.9 Å². The van der Waals surface area contributed by atoms with E-state index in [1.165, 1.54) is 27.6 Å². The van der Waals surface area contributed by atoms with Crippen molar-refractivity contribution >= 4 is 28.2 Å². The molecule has 1 N–H and O–H groups in total. The van der Waals surface area contributed by atoms with Crippen molar-refractivity contribution < 1.29 is 0 Å². The Morgan fingerprint density at radius 3 is 3.00 bits per heavy atom. The lowest BCUT2D eigenvalue weighted by atomic mass is 9.99. The van der Waals surface area contributed by atoms with Crippen molar-refractivity contribution in [2.45, 2.75) is 19.9 Å². The highest BCUT2D eigenvalue weighted by Crippen LogP contribution is 2.29. The number of benzene rings is 1. The van der Waals surface area contributed by atoms with Crippen LogP contribution >= 0.6 is 11.6 Å². The smallest absolute Gasteiger partial charge is 0.137 e. The Morgan fingerprint density at radius 1 is 1.29 bits per heavy atom. The molecule has 0 saturated carbocycles. The minimum absolute atomic E-state index is 0.810. The summed E-state index contributed by atoms with van der Waals surface area (Å²) in [5.41, 5.74) is 6.29. The third-order valence-corrected chi connectivity index (χ3v) is 5.02. The number of fused-ring (bicyclic) bond motifs is 1. The first-order chi connectivity index (χ1) is 11.7. The van der Waals surface area contributed by atoms with Crippen LogP contribution in [0, 0.1) is 6.92 Å². The summed E-state index contributed by atoms with van der Waals surface area (Å²) in [6.07, 6.45) is 7.33. The van der Waals surface area contributed by atoms with Gasteiger partial charge < -0.3 is 4.98 Å². The number of hydrogen-bond donors (Lipinski definition) is 1. The molecule has 0 bridgehead atoms. The molecule has 0 amide bonds. The highest BCUT2D eigenvalue weighted by molar-refractivity contribution is 6.30. The van der Waals surface area contributed by atoms with Gasteiger partial charge in [-0.3, -0.25) is 4.90 Å². The molecule has 0 saturated heterocycles. The third kappa shape index (κ3) is 2.97. The van der Waals surface area contributed by atoms with Crippen LogP contribution in [0.25, 0.3) is 16.6 Å². The predicted molar refractivity (Wildman–Crippen MR) is 100 cm³/mol. The third-order valence-electron chi connectivity index (χ3n) is 4.79. The molecule has 4 rings (SSSR count). The second-order valence-electron chi connectivity index (χ2n) is 6.39. The number of halogens is 1. The van der Waals surface area contributed by atoms with Gasteiger partial charge in [0.2, 0.25) is 0 Å². The fraction of sp³-hybridized carbons (Fsp3) is 0.250. The van der Waals surface area contributed by atoms with Crippen molar-refractivity contribution in [1.29, 1.82) is 0 Å². The lowest BCUT2D eigenvalue weighted by Crippen LogP contribution is -2.28. The molecule has 2 aromatic heterocycles. The van der Waals surface area contributed by atoms with Crippen molar-refractivity contribution in [2.24, 2.45) is 0 Å². The molecule has 0 fully saturated rings. The van der Waals surface area contributed by atoms with Crippen LogP contribution in [-0.2, 0) is 6.54 Å². The maximum atomic E-state index is 6.05. The molecule has 1 aliphatic heterocycles. The van der Waals surface area contributed by atoms with E-state index in [0.29, 0.717) is 0 Å². The number of nitrogens with zero attached hydrogens (tertiary/aromatic N) is 2. The highest BCUT2D eigenvalue weighted by atomic mass is 35.5. The van der Waals surface area contributed by atoms with E-state index in [4.69, 9.17) is 11.6 Å². The van der Waals surface area contributed by atoms with E-state index >= 15 is 0 Å². The van der Waals surface area contributed by atoms with Gasteiger partial charge in [0.05, 0.1) is 0 Å². The van der Waals surface area contributed by atoms with Gasteiger partial charge in [0.1, 0.15) is 5.65 Å². The Bertz CT molecular complexity index is 910. The quantitative estimate of drug-likeness (QED) is 0.743. The van der Waals surface area contributed by atoms with Gasteiger partial charge >= 0.3 is 0 Å². The van der Waals surface area contributed by atoms with Crippen LogP contribution < -0.4 is 0 Å². The maximum absolute atomic E-state index is 6.05. The van der Waals surface area contributed by atoms with E-state index in [1.807, 2.05) is 24.4 Å². The number of aromatic amines is 1. The van der Waals surface area contributed by atoms with Gasteiger partial charge in [0, 0.05) is 48.0 Å². The number of hydrogen-bond acceptors (Lipinski definition) is 2. The highest BCUT2D eigenvalue weighted by Gasteiger charge is 2.16. The van der Waals surface area contributed by atoms with Crippen LogP contribution in [0.15, 0.2) is 48.8 Å². The standard InChI is InChI=1S/C20H20ClN3/c1-14-11-17(21)5-4-16(14)13-24-9-6-15(7-10-24)19-12-23-20-18(19)3-2-8-22-20/h2-6,8,11-12H,7,9-10,13H2,1H3,(H,22,23). The van der Waals surface area contributed by atoms with Crippen molar-refractivity contribution in [2.75, 3.05) is 13.1 Å². The van der Waals surface area contributed by atoms with E-state index in [9.17, 15) is 0 Å². The van der Waals surface area contributed by atoms with Gasteiger partial charge in [-0.25, -0.2) is 4.98 Å². The van der Waals surface area contributed by atoms with E-state index in [0.717, 1.165) is 36.7 Å². The zero-order valence-corrected chi connectivity index (χ0v) is 14.5. The summed E-state index contributed by atoms with van der Waals surface area (Å²) in [6.45, 7) is 5.15. The molecule has 0 aliphatic carbocycles. The zero-order chi connectivity index (χ0) is 16.5.